The van der Waals surface area contributed by atoms with E-state index in [0.29, 0.717) is 0 Å². The Hall–Kier alpha value is -0.780. The predicted molar refractivity (Wildman–Crippen MR) is 45.9 cm³/mol. The van der Waals surface area contributed by atoms with Gasteiger partial charge >= 0.3 is 0 Å². The van der Waals surface area contributed by atoms with E-state index in [0.717, 1.165) is 6.42 Å². The Balaban J connectivity index is 2.38. The normalized spacial score (nSPS) is 25.6. The zero-order valence-electron chi connectivity index (χ0n) is 6.29. The average Bonchev–Trinajstić information content (AvgIpc) is 2.01. The van der Waals surface area contributed by atoms with E-state index in [1.807, 2.05) is 0 Å². The van der Waals surface area contributed by atoms with Crippen molar-refractivity contribution in [3.05, 3.63) is 36.5 Å². The molecule has 0 aromatic rings. The first kappa shape index (κ1) is 7.33. The molecule has 1 rings (SSSR count). The Kier molecular flexibility index (Phi) is 3.69. The molecule has 1 aliphatic rings. The molecule has 0 radical (unpaired) electrons. The van der Waals surface area contributed by atoms with Crippen molar-refractivity contribution in [2.45, 2.75) is 25.7 Å². The van der Waals surface area contributed by atoms with Crippen LogP contribution in [0.1, 0.15) is 25.7 Å². The first-order valence-electron chi connectivity index (χ1n) is 3.97. The van der Waals surface area contributed by atoms with Crippen molar-refractivity contribution in [3.8, 4) is 0 Å². The summed E-state index contributed by atoms with van der Waals surface area (Å²) in [6, 6.07) is 0. The quantitative estimate of drug-likeness (QED) is 0.446. The van der Waals surface area contributed by atoms with Crippen molar-refractivity contribution >= 4 is 0 Å². The van der Waals surface area contributed by atoms with E-state index in [2.05, 4.69) is 36.5 Å². The second-order valence-corrected chi connectivity index (χ2v) is 2.49. The van der Waals surface area contributed by atoms with Crippen molar-refractivity contribution in [1.29, 1.82) is 0 Å². The Morgan fingerprint density at radius 1 is 0.700 bits per heavy atom. The number of allylic oxidation sites excluding steroid dienone is 6. The molecule has 10 heavy (non-hydrogen) atoms. The van der Waals surface area contributed by atoms with E-state index < -0.39 is 0 Å². The van der Waals surface area contributed by atoms with Crippen LogP contribution < -0.4 is 0 Å². The van der Waals surface area contributed by atoms with Gasteiger partial charge in [0.25, 0.3) is 0 Å². The van der Waals surface area contributed by atoms with Crippen molar-refractivity contribution in [2.24, 2.45) is 0 Å². The lowest BCUT2D eigenvalue weighted by molar-refractivity contribution is 0.865. The molecule has 0 saturated carbocycles. The molecule has 0 atom stereocenters. The maximum Gasteiger partial charge on any atom is -0.0166 e. The molecule has 0 amide bonds. The highest BCUT2D eigenvalue weighted by Gasteiger charge is 1.80. The van der Waals surface area contributed by atoms with Gasteiger partial charge in [0.15, 0.2) is 0 Å². The smallest absolute Gasteiger partial charge is 0.0166 e. The standard InChI is InChI=1S/C10H14/c1-2-4-6-8-10-9-7-5-3-1/h1-4,7,9H,5-6,8,10H2/b3-1-,4-2+,9-7?. The van der Waals surface area contributed by atoms with Gasteiger partial charge in [0.2, 0.25) is 0 Å². The van der Waals surface area contributed by atoms with Crippen LogP contribution in [0.2, 0.25) is 0 Å². The van der Waals surface area contributed by atoms with Gasteiger partial charge in [-0.05, 0) is 25.7 Å². The van der Waals surface area contributed by atoms with Gasteiger partial charge in [-0.3, -0.25) is 0 Å². The SMILES string of the molecule is C1=CCCC/C=C/C=C\C1. The first-order chi connectivity index (χ1) is 5.00. The second kappa shape index (κ2) is 5.04. The molecule has 0 aromatic heterocycles. The summed E-state index contributed by atoms with van der Waals surface area (Å²) in [6.45, 7) is 0. The lowest BCUT2D eigenvalue weighted by Gasteiger charge is -1.91. The summed E-state index contributed by atoms with van der Waals surface area (Å²) >= 11 is 0. The van der Waals surface area contributed by atoms with Gasteiger partial charge in [0, 0.05) is 0 Å². The van der Waals surface area contributed by atoms with Gasteiger partial charge in [-0.25, -0.2) is 0 Å². The summed E-state index contributed by atoms with van der Waals surface area (Å²) in [5.74, 6) is 0. The van der Waals surface area contributed by atoms with Gasteiger partial charge in [0.1, 0.15) is 0 Å². The summed E-state index contributed by atoms with van der Waals surface area (Å²) in [5, 5.41) is 0. The minimum absolute atomic E-state index is 1.09. The van der Waals surface area contributed by atoms with Crippen LogP contribution in [-0.2, 0) is 0 Å². The van der Waals surface area contributed by atoms with Crippen LogP contribution in [0.3, 0.4) is 0 Å². The van der Waals surface area contributed by atoms with Crippen molar-refractivity contribution in [3.63, 3.8) is 0 Å². The van der Waals surface area contributed by atoms with Crippen LogP contribution in [0, 0.1) is 0 Å². The minimum Gasteiger partial charge on any atom is -0.0882 e. The third-order valence-electron chi connectivity index (χ3n) is 1.56. The monoisotopic (exact) mass is 134 g/mol. The van der Waals surface area contributed by atoms with Gasteiger partial charge in [0.05, 0.1) is 0 Å². The Bertz CT molecular complexity index is 149. The summed E-state index contributed by atoms with van der Waals surface area (Å²) in [7, 11) is 0. The molecular weight excluding hydrogens is 120 g/mol. The zero-order chi connectivity index (χ0) is 7.07. The maximum atomic E-state index is 2.27. The molecule has 54 valence electrons. The number of rotatable bonds is 0. The lowest BCUT2D eigenvalue weighted by Crippen LogP contribution is -1.70. The van der Waals surface area contributed by atoms with Crippen LogP contribution in [-0.4, -0.2) is 0 Å². The molecule has 0 aromatic carbocycles. The van der Waals surface area contributed by atoms with Crippen LogP contribution in [0.4, 0.5) is 0 Å². The molecule has 0 heterocycles. The highest BCUT2D eigenvalue weighted by molar-refractivity contribution is 5.05. The molecule has 0 unspecified atom stereocenters. The number of hydrogen-bond acceptors (Lipinski definition) is 0. The highest BCUT2D eigenvalue weighted by atomic mass is 13.9. The molecule has 0 N–H and O–H groups in total. The van der Waals surface area contributed by atoms with Gasteiger partial charge < -0.3 is 0 Å². The zero-order valence-corrected chi connectivity index (χ0v) is 6.29. The molecule has 1 aliphatic carbocycles. The largest absolute Gasteiger partial charge is 0.0882 e. The van der Waals surface area contributed by atoms with Gasteiger partial charge in [-0.1, -0.05) is 36.5 Å². The molecule has 0 nitrogen and oxygen atoms in total. The average molecular weight is 134 g/mol. The van der Waals surface area contributed by atoms with E-state index in [1.165, 1.54) is 19.3 Å². The lowest BCUT2D eigenvalue weighted by atomic mass is 10.2. The minimum atomic E-state index is 1.09. The van der Waals surface area contributed by atoms with E-state index >= 15 is 0 Å². The first-order valence-corrected chi connectivity index (χ1v) is 3.97. The van der Waals surface area contributed by atoms with Crippen molar-refractivity contribution in [1.82, 2.24) is 0 Å². The topological polar surface area (TPSA) is 0 Å². The summed E-state index contributed by atoms with van der Waals surface area (Å²) < 4.78 is 0. The molecule has 0 spiro atoms. The third kappa shape index (κ3) is 3.29. The van der Waals surface area contributed by atoms with Crippen LogP contribution in [0.5, 0.6) is 0 Å². The molecule has 0 saturated heterocycles. The number of hydrogen-bond donors (Lipinski definition) is 0. The van der Waals surface area contributed by atoms with E-state index in [4.69, 9.17) is 0 Å². The third-order valence-corrected chi connectivity index (χ3v) is 1.56. The Morgan fingerprint density at radius 2 is 1.50 bits per heavy atom. The highest BCUT2D eigenvalue weighted by Crippen LogP contribution is 2.01. The van der Waals surface area contributed by atoms with E-state index in [-0.39, 0.29) is 0 Å². The molecule has 0 aliphatic heterocycles. The van der Waals surface area contributed by atoms with Gasteiger partial charge in [-0.15, -0.1) is 0 Å². The molecule has 0 heteroatoms. The Morgan fingerprint density at radius 3 is 2.50 bits per heavy atom. The van der Waals surface area contributed by atoms with Crippen molar-refractivity contribution < 1.29 is 0 Å². The second-order valence-electron chi connectivity index (χ2n) is 2.49. The summed E-state index contributed by atoms with van der Waals surface area (Å²) in [5.41, 5.74) is 0. The maximum absolute atomic E-state index is 2.27. The molecular formula is C10H14. The fourth-order valence-electron chi connectivity index (χ4n) is 0.978. The van der Waals surface area contributed by atoms with Crippen LogP contribution in [0.15, 0.2) is 36.5 Å². The Labute approximate surface area is 62.9 Å². The van der Waals surface area contributed by atoms with Crippen molar-refractivity contribution in [2.75, 3.05) is 0 Å². The van der Waals surface area contributed by atoms with E-state index in [9.17, 15) is 0 Å². The van der Waals surface area contributed by atoms with Gasteiger partial charge in [-0.2, -0.15) is 0 Å². The molecule has 0 fully saturated rings. The summed E-state index contributed by atoms with van der Waals surface area (Å²) in [6.07, 6.45) is 18.0. The fourth-order valence-corrected chi connectivity index (χ4v) is 0.978. The van der Waals surface area contributed by atoms with E-state index in [1.54, 1.807) is 0 Å². The van der Waals surface area contributed by atoms with Crippen LogP contribution >= 0.6 is 0 Å². The predicted octanol–water partition coefficient (Wildman–Crippen LogP) is 3.23. The molecule has 0 bridgehead atoms. The summed E-state index contributed by atoms with van der Waals surface area (Å²) in [4.78, 5) is 0. The fraction of sp³-hybridized carbons (Fsp3) is 0.400. The van der Waals surface area contributed by atoms with Crippen LogP contribution in [0.25, 0.3) is 0 Å².